The maximum absolute atomic E-state index is 13.5. The second kappa shape index (κ2) is 7.97. The Morgan fingerprint density at radius 1 is 1.38 bits per heavy atom. The Kier molecular flexibility index (Phi) is 6.27. The first kappa shape index (κ1) is 16.5. The van der Waals surface area contributed by atoms with E-state index in [1.807, 2.05) is 0 Å². The van der Waals surface area contributed by atoms with Gasteiger partial charge in [-0.05, 0) is 49.8 Å². The molecule has 0 saturated heterocycles. The highest BCUT2D eigenvalue weighted by Crippen LogP contribution is 2.25. The van der Waals surface area contributed by atoms with Gasteiger partial charge in [-0.3, -0.25) is 0 Å². The standard InChI is InChI=1S/C16H23ClFNO2/c1-11-2-5-14(6-3-11)21-10-13(20)9-19-16-8-12(17)4-7-15(16)18/h4,7-8,11,13-14,19-20H,2-3,5-6,9-10H2,1H3. The molecule has 1 unspecified atom stereocenters. The van der Waals surface area contributed by atoms with Gasteiger partial charge in [0.25, 0.3) is 0 Å². The molecule has 0 aromatic heterocycles. The highest BCUT2D eigenvalue weighted by atomic mass is 35.5. The Morgan fingerprint density at radius 3 is 2.81 bits per heavy atom. The molecule has 5 heteroatoms. The molecule has 0 aliphatic heterocycles. The summed E-state index contributed by atoms with van der Waals surface area (Å²) in [4.78, 5) is 0. The monoisotopic (exact) mass is 315 g/mol. The molecule has 0 spiro atoms. The van der Waals surface area contributed by atoms with Crippen LogP contribution in [0.1, 0.15) is 32.6 Å². The molecule has 118 valence electrons. The molecule has 0 radical (unpaired) electrons. The average molecular weight is 316 g/mol. The number of aliphatic hydroxyl groups excluding tert-OH is 1. The number of hydrogen-bond acceptors (Lipinski definition) is 3. The zero-order valence-corrected chi connectivity index (χ0v) is 13.1. The van der Waals surface area contributed by atoms with Crippen LogP contribution >= 0.6 is 11.6 Å². The number of benzene rings is 1. The summed E-state index contributed by atoms with van der Waals surface area (Å²) in [7, 11) is 0. The zero-order chi connectivity index (χ0) is 15.2. The molecule has 0 amide bonds. The van der Waals surface area contributed by atoms with Crippen molar-refractivity contribution in [3.8, 4) is 0 Å². The molecule has 1 aliphatic rings. The highest BCUT2D eigenvalue weighted by molar-refractivity contribution is 6.30. The Morgan fingerprint density at radius 2 is 2.10 bits per heavy atom. The van der Waals surface area contributed by atoms with E-state index in [4.69, 9.17) is 16.3 Å². The van der Waals surface area contributed by atoms with E-state index in [0.717, 1.165) is 18.8 Å². The summed E-state index contributed by atoms with van der Waals surface area (Å²) in [6.07, 6.45) is 4.08. The molecule has 1 aromatic rings. The summed E-state index contributed by atoms with van der Waals surface area (Å²) in [6.45, 7) is 2.77. The third-order valence-corrected chi connectivity index (χ3v) is 4.18. The van der Waals surface area contributed by atoms with Gasteiger partial charge in [0.15, 0.2) is 0 Å². The molecule has 1 saturated carbocycles. The van der Waals surface area contributed by atoms with E-state index in [9.17, 15) is 9.50 Å². The van der Waals surface area contributed by atoms with Gasteiger partial charge in [0.2, 0.25) is 0 Å². The molecule has 3 nitrogen and oxygen atoms in total. The minimum atomic E-state index is -0.664. The van der Waals surface area contributed by atoms with E-state index in [0.29, 0.717) is 10.7 Å². The smallest absolute Gasteiger partial charge is 0.146 e. The summed E-state index contributed by atoms with van der Waals surface area (Å²) in [5.74, 6) is 0.399. The lowest BCUT2D eigenvalue weighted by atomic mass is 9.89. The molecule has 1 aliphatic carbocycles. The minimum Gasteiger partial charge on any atom is -0.389 e. The molecule has 1 fully saturated rings. The Hall–Kier alpha value is -0.840. The predicted octanol–water partition coefficient (Wildman–Crippen LogP) is 3.85. The van der Waals surface area contributed by atoms with Gasteiger partial charge in [-0.1, -0.05) is 18.5 Å². The summed E-state index contributed by atoms with van der Waals surface area (Å²) in [5.41, 5.74) is 0.299. The number of ether oxygens (including phenoxy) is 1. The first-order chi connectivity index (χ1) is 10.0. The van der Waals surface area contributed by atoms with E-state index in [-0.39, 0.29) is 25.1 Å². The summed E-state index contributed by atoms with van der Waals surface area (Å²) >= 11 is 5.81. The largest absolute Gasteiger partial charge is 0.389 e. The second-order valence-electron chi connectivity index (χ2n) is 5.87. The van der Waals surface area contributed by atoms with Crippen LogP contribution in [0.15, 0.2) is 18.2 Å². The first-order valence-corrected chi connectivity index (χ1v) is 7.91. The van der Waals surface area contributed by atoms with Crippen molar-refractivity contribution in [1.82, 2.24) is 0 Å². The van der Waals surface area contributed by atoms with Crippen molar-refractivity contribution in [2.24, 2.45) is 5.92 Å². The maximum atomic E-state index is 13.5. The lowest BCUT2D eigenvalue weighted by molar-refractivity contribution is -0.0245. The van der Waals surface area contributed by atoms with Crippen LogP contribution in [0.4, 0.5) is 10.1 Å². The van der Waals surface area contributed by atoms with Gasteiger partial charge in [0.1, 0.15) is 5.82 Å². The predicted molar refractivity (Wildman–Crippen MR) is 83.3 cm³/mol. The van der Waals surface area contributed by atoms with Crippen molar-refractivity contribution in [1.29, 1.82) is 0 Å². The van der Waals surface area contributed by atoms with E-state index in [1.54, 1.807) is 0 Å². The number of anilines is 1. The lowest BCUT2D eigenvalue weighted by Gasteiger charge is -2.27. The number of halogens is 2. The number of aliphatic hydroxyl groups is 1. The lowest BCUT2D eigenvalue weighted by Crippen LogP contribution is -2.29. The van der Waals surface area contributed by atoms with Crippen LogP contribution in [0.5, 0.6) is 0 Å². The van der Waals surface area contributed by atoms with Crippen molar-refractivity contribution >= 4 is 17.3 Å². The van der Waals surface area contributed by atoms with Gasteiger partial charge in [0.05, 0.1) is 24.5 Å². The van der Waals surface area contributed by atoms with Crippen molar-refractivity contribution in [2.75, 3.05) is 18.5 Å². The SMILES string of the molecule is CC1CCC(OCC(O)CNc2cc(Cl)ccc2F)CC1. The van der Waals surface area contributed by atoms with Gasteiger partial charge in [-0.25, -0.2) is 4.39 Å². The van der Waals surface area contributed by atoms with Gasteiger partial charge >= 0.3 is 0 Å². The maximum Gasteiger partial charge on any atom is 0.146 e. The molecule has 21 heavy (non-hydrogen) atoms. The molecule has 2 N–H and O–H groups in total. The van der Waals surface area contributed by atoms with Crippen molar-refractivity contribution in [3.63, 3.8) is 0 Å². The Bertz CT molecular complexity index is 450. The van der Waals surface area contributed by atoms with E-state index >= 15 is 0 Å². The van der Waals surface area contributed by atoms with Gasteiger partial charge in [0, 0.05) is 11.6 Å². The molecule has 0 bridgehead atoms. The summed E-state index contributed by atoms with van der Waals surface area (Å²) in [5, 5.41) is 13.2. The molecule has 1 atom stereocenters. The van der Waals surface area contributed by atoms with Crippen LogP contribution in [0.3, 0.4) is 0 Å². The quantitative estimate of drug-likeness (QED) is 0.838. The van der Waals surface area contributed by atoms with Gasteiger partial charge < -0.3 is 15.2 Å². The Labute approximate surface area is 130 Å². The van der Waals surface area contributed by atoms with Crippen LogP contribution < -0.4 is 5.32 Å². The summed E-state index contributed by atoms with van der Waals surface area (Å²) in [6, 6.07) is 4.30. The second-order valence-corrected chi connectivity index (χ2v) is 6.31. The van der Waals surface area contributed by atoms with Gasteiger partial charge in [-0.15, -0.1) is 0 Å². The Balaban J connectivity index is 1.70. The van der Waals surface area contributed by atoms with Crippen molar-refractivity contribution in [2.45, 2.75) is 44.8 Å². The first-order valence-electron chi connectivity index (χ1n) is 7.53. The minimum absolute atomic E-state index is 0.236. The van der Waals surface area contributed by atoms with Crippen LogP contribution in [0, 0.1) is 11.7 Å². The van der Waals surface area contributed by atoms with Crippen LogP contribution in [-0.2, 0) is 4.74 Å². The average Bonchev–Trinajstić information content (AvgIpc) is 2.47. The van der Waals surface area contributed by atoms with E-state index in [1.165, 1.54) is 31.0 Å². The third-order valence-electron chi connectivity index (χ3n) is 3.94. The van der Waals surface area contributed by atoms with Crippen LogP contribution in [0.2, 0.25) is 5.02 Å². The fraction of sp³-hybridized carbons (Fsp3) is 0.625. The van der Waals surface area contributed by atoms with E-state index < -0.39 is 6.10 Å². The summed E-state index contributed by atoms with van der Waals surface area (Å²) < 4.78 is 19.2. The van der Waals surface area contributed by atoms with Gasteiger partial charge in [-0.2, -0.15) is 0 Å². The molecular formula is C16H23ClFNO2. The molecule has 2 rings (SSSR count). The topological polar surface area (TPSA) is 41.5 Å². The van der Waals surface area contributed by atoms with Crippen LogP contribution in [-0.4, -0.2) is 30.5 Å². The zero-order valence-electron chi connectivity index (χ0n) is 12.3. The fourth-order valence-corrected chi connectivity index (χ4v) is 2.74. The number of hydrogen-bond donors (Lipinski definition) is 2. The molecule has 0 heterocycles. The number of rotatable bonds is 6. The highest BCUT2D eigenvalue weighted by Gasteiger charge is 2.19. The van der Waals surface area contributed by atoms with E-state index in [2.05, 4.69) is 12.2 Å². The van der Waals surface area contributed by atoms with Crippen molar-refractivity contribution in [3.05, 3.63) is 29.0 Å². The molecular weight excluding hydrogens is 293 g/mol. The molecule has 1 aromatic carbocycles. The fourth-order valence-electron chi connectivity index (χ4n) is 2.56. The normalized spacial score (nSPS) is 23.8. The van der Waals surface area contributed by atoms with Crippen LogP contribution in [0.25, 0.3) is 0 Å². The van der Waals surface area contributed by atoms with Crippen molar-refractivity contribution < 1.29 is 14.2 Å². The number of nitrogens with one attached hydrogen (secondary N) is 1. The third kappa shape index (κ3) is 5.46.